The van der Waals surface area contributed by atoms with Crippen LogP contribution in [0.3, 0.4) is 0 Å². The van der Waals surface area contributed by atoms with Gasteiger partial charge in [0.25, 0.3) is 0 Å². The maximum atomic E-state index is 12.7. The minimum absolute atomic E-state index is 0. The number of carbonyl (C=O) groups is 1. The summed E-state index contributed by atoms with van der Waals surface area (Å²) in [4.78, 5) is 21.7. The van der Waals surface area contributed by atoms with Gasteiger partial charge in [0.1, 0.15) is 6.54 Å². The molecule has 7 heteroatoms. The van der Waals surface area contributed by atoms with Gasteiger partial charge in [0.05, 0.1) is 6.61 Å². The van der Waals surface area contributed by atoms with Crippen LogP contribution in [0.2, 0.25) is 0 Å². The van der Waals surface area contributed by atoms with E-state index >= 15 is 0 Å². The van der Waals surface area contributed by atoms with E-state index in [1.165, 1.54) is 5.56 Å². The molecule has 0 aromatic heterocycles. The quantitative estimate of drug-likeness (QED) is 0.311. The molecule has 1 aromatic rings. The average molecular weight is 543 g/mol. The van der Waals surface area contributed by atoms with E-state index in [9.17, 15) is 4.79 Å². The number of carbonyl (C=O) groups excluding carboxylic acids is 1. The first-order chi connectivity index (χ1) is 14.7. The second kappa shape index (κ2) is 13.9. The van der Waals surface area contributed by atoms with E-state index < -0.39 is 0 Å². The number of hydrogen-bond acceptors (Lipinski definition) is 3. The minimum atomic E-state index is 0. The van der Waals surface area contributed by atoms with Crippen LogP contribution in [0, 0.1) is 11.8 Å². The number of benzene rings is 1. The SMILES string of the molecule is CCNC(=NCC(=O)N1CCC(Cc2ccccc2)CC1)N1CCC(COCC)C1.I. The van der Waals surface area contributed by atoms with E-state index in [0.717, 1.165) is 77.6 Å². The molecule has 1 N–H and O–H groups in total. The highest BCUT2D eigenvalue weighted by molar-refractivity contribution is 14.0. The van der Waals surface area contributed by atoms with E-state index in [1.807, 2.05) is 11.8 Å². The smallest absolute Gasteiger partial charge is 0.244 e. The molecule has 2 aliphatic rings. The summed E-state index contributed by atoms with van der Waals surface area (Å²) >= 11 is 0. The molecule has 0 radical (unpaired) electrons. The van der Waals surface area contributed by atoms with Crippen molar-refractivity contribution in [2.24, 2.45) is 16.8 Å². The molecule has 0 saturated carbocycles. The Hall–Kier alpha value is -1.35. The molecule has 1 amide bonds. The van der Waals surface area contributed by atoms with Gasteiger partial charge in [-0.25, -0.2) is 4.99 Å². The van der Waals surface area contributed by atoms with Crippen molar-refractivity contribution in [1.29, 1.82) is 0 Å². The summed E-state index contributed by atoms with van der Waals surface area (Å²) < 4.78 is 5.58. The predicted octanol–water partition coefficient (Wildman–Crippen LogP) is 3.41. The van der Waals surface area contributed by atoms with Crippen molar-refractivity contribution in [2.75, 3.05) is 52.5 Å². The van der Waals surface area contributed by atoms with Crippen molar-refractivity contribution < 1.29 is 9.53 Å². The van der Waals surface area contributed by atoms with Crippen LogP contribution in [0.25, 0.3) is 0 Å². The van der Waals surface area contributed by atoms with E-state index in [-0.39, 0.29) is 36.4 Å². The summed E-state index contributed by atoms with van der Waals surface area (Å²) in [7, 11) is 0. The first kappa shape index (κ1) is 25.9. The van der Waals surface area contributed by atoms with E-state index in [4.69, 9.17) is 4.74 Å². The lowest BCUT2D eigenvalue weighted by Crippen LogP contribution is -2.43. The van der Waals surface area contributed by atoms with Gasteiger partial charge in [-0.2, -0.15) is 0 Å². The molecule has 1 atom stereocenters. The number of piperidine rings is 1. The number of ether oxygens (including phenoxy) is 1. The molecule has 0 aliphatic carbocycles. The number of aliphatic imine (C=N–C) groups is 1. The molecule has 174 valence electrons. The number of nitrogens with zero attached hydrogens (tertiary/aromatic N) is 3. The minimum Gasteiger partial charge on any atom is -0.381 e. The second-order valence-corrected chi connectivity index (χ2v) is 8.44. The first-order valence-corrected chi connectivity index (χ1v) is 11.6. The van der Waals surface area contributed by atoms with Crippen molar-refractivity contribution >= 4 is 35.8 Å². The molecule has 3 rings (SSSR count). The Bertz CT molecular complexity index is 677. The van der Waals surface area contributed by atoms with Crippen LogP contribution in [0.4, 0.5) is 0 Å². The fourth-order valence-corrected chi connectivity index (χ4v) is 4.45. The zero-order valence-corrected chi connectivity index (χ0v) is 21.4. The number of nitrogens with one attached hydrogen (secondary N) is 1. The monoisotopic (exact) mass is 542 g/mol. The van der Waals surface area contributed by atoms with Gasteiger partial charge in [0.2, 0.25) is 5.91 Å². The van der Waals surface area contributed by atoms with E-state index in [0.29, 0.717) is 11.8 Å². The fraction of sp³-hybridized carbons (Fsp3) is 0.667. The van der Waals surface area contributed by atoms with Gasteiger partial charge in [-0.05, 0) is 51.0 Å². The highest BCUT2D eigenvalue weighted by atomic mass is 127. The summed E-state index contributed by atoms with van der Waals surface area (Å²) in [6.45, 7) is 10.4. The average Bonchev–Trinajstić information content (AvgIpc) is 3.25. The van der Waals surface area contributed by atoms with Crippen molar-refractivity contribution in [3.63, 3.8) is 0 Å². The van der Waals surface area contributed by atoms with Gasteiger partial charge in [-0.15, -0.1) is 24.0 Å². The third-order valence-electron chi connectivity index (χ3n) is 6.18. The largest absolute Gasteiger partial charge is 0.381 e. The molecule has 2 aliphatic heterocycles. The lowest BCUT2D eigenvalue weighted by atomic mass is 9.90. The van der Waals surface area contributed by atoms with Crippen LogP contribution >= 0.6 is 24.0 Å². The summed E-state index contributed by atoms with van der Waals surface area (Å²) in [5, 5.41) is 3.36. The standard InChI is InChI=1S/C24H38N4O2.HI/c1-3-25-24(28-15-12-22(18-28)19-30-4-2)26-17-23(29)27-13-10-21(11-14-27)16-20-8-6-5-7-9-20;/h5-9,21-22H,3-4,10-19H2,1-2H3,(H,25,26);1H. The van der Waals surface area contributed by atoms with Gasteiger partial charge < -0.3 is 19.9 Å². The Kier molecular flexibility index (Phi) is 11.6. The number of likely N-dealkylation sites (tertiary alicyclic amines) is 2. The Balaban J connectivity index is 0.00000341. The molecule has 2 heterocycles. The highest BCUT2D eigenvalue weighted by Gasteiger charge is 2.26. The zero-order valence-electron chi connectivity index (χ0n) is 19.1. The number of guanidine groups is 1. The molecule has 6 nitrogen and oxygen atoms in total. The summed E-state index contributed by atoms with van der Waals surface area (Å²) in [5.41, 5.74) is 1.40. The molecule has 1 aromatic carbocycles. The predicted molar refractivity (Wildman–Crippen MR) is 137 cm³/mol. The van der Waals surface area contributed by atoms with Crippen LogP contribution in [-0.2, 0) is 16.0 Å². The van der Waals surface area contributed by atoms with Gasteiger partial charge in [-0.3, -0.25) is 4.79 Å². The Labute approximate surface area is 204 Å². The topological polar surface area (TPSA) is 57.2 Å². The number of amides is 1. The summed E-state index contributed by atoms with van der Waals surface area (Å²) in [6.07, 6.45) is 4.39. The molecular formula is C24H39IN4O2. The Morgan fingerprint density at radius 2 is 1.74 bits per heavy atom. The number of hydrogen-bond donors (Lipinski definition) is 1. The molecule has 1 unspecified atom stereocenters. The van der Waals surface area contributed by atoms with Crippen molar-refractivity contribution in [3.8, 4) is 0 Å². The van der Waals surface area contributed by atoms with Crippen LogP contribution in [0.15, 0.2) is 35.3 Å². The van der Waals surface area contributed by atoms with E-state index in [1.54, 1.807) is 0 Å². The lowest BCUT2D eigenvalue weighted by Gasteiger charge is -2.32. The summed E-state index contributed by atoms with van der Waals surface area (Å²) in [5.74, 6) is 2.23. The van der Waals surface area contributed by atoms with Crippen molar-refractivity contribution in [3.05, 3.63) is 35.9 Å². The second-order valence-electron chi connectivity index (χ2n) is 8.44. The third-order valence-corrected chi connectivity index (χ3v) is 6.18. The fourth-order valence-electron chi connectivity index (χ4n) is 4.45. The van der Waals surface area contributed by atoms with Crippen molar-refractivity contribution in [2.45, 2.75) is 39.5 Å². The van der Waals surface area contributed by atoms with Gasteiger partial charge >= 0.3 is 0 Å². The Morgan fingerprint density at radius 1 is 1.06 bits per heavy atom. The van der Waals surface area contributed by atoms with Crippen LogP contribution < -0.4 is 5.32 Å². The van der Waals surface area contributed by atoms with Gasteiger partial charge in [0.15, 0.2) is 5.96 Å². The highest BCUT2D eigenvalue weighted by Crippen LogP contribution is 2.22. The maximum Gasteiger partial charge on any atom is 0.244 e. The van der Waals surface area contributed by atoms with Crippen molar-refractivity contribution in [1.82, 2.24) is 15.1 Å². The number of rotatable bonds is 8. The maximum absolute atomic E-state index is 12.7. The molecule has 2 saturated heterocycles. The normalized spacial score (nSPS) is 19.9. The molecule has 0 bridgehead atoms. The Morgan fingerprint density at radius 3 is 2.42 bits per heavy atom. The lowest BCUT2D eigenvalue weighted by molar-refractivity contribution is -0.131. The van der Waals surface area contributed by atoms with Crippen LogP contribution in [-0.4, -0.2) is 74.1 Å². The van der Waals surface area contributed by atoms with E-state index in [2.05, 4.69) is 52.5 Å². The zero-order chi connectivity index (χ0) is 21.2. The van der Waals surface area contributed by atoms with Crippen LogP contribution in [0.5, 0.6) is 0 Å². The summed E-state index contributed by atoms with van der Waals surface area (Å²) in [6, 6.07) is 10.7. The third kappa shape index (κ3) is 8.25. The molecule has 31 heavy (non-hydrogen) atoms. The van der Waals surface area contributed by atoms with Gasteiger partial charge in [0, 0.05) is 45.2 Å². The van der Waals surface area contributed by atoms with Crippen LogP contribution in [0.1, 0.15) is 38.7 Å². The van der Waals surface area contributed by atoms with Gasteiger partial charge in [-0.1, -0.05) is 30.3 Å². The molecule has 2 fully saturated rings. The first-order valence-electron chi connectivity index (χ1n) is 11.6. The molecular weight excluding hydrogens is 503 g/mol. The number of halogens is 1. The molecule has 0 spiro atoms.